The third kappa shape index (κ3) is 13.8. The van der Waals surface area contributed by atoms with Crippen LogP contribution in [0.2, 0.25) is 0 Å². The van der Waals surface area contributed by atoms with Crippen molar-refractivity contribution in [3.63, 3.8) is 0 Å². The van der Waals surface area contributed by atoms with Crippen LogP contribution in [-0.2, 0) is 9.47 Å². The quantitative estimate of drug-likeness (QED) is 0.444. The molecule has 1 unspecified atom stereocenters. The van der Waals surface area contributed by atoms with E-state index in [4.69, 9.17) is 22.3 Å². The number of hydrogen-bond donors (Lipinski definition) is 2. The van der Waals surface area contributed by atoms with Gasteiger partial charge in [-0.25, -0.2) is 9.59 Å². The number of rotatable bonds is 11. The van der Waals surface area contributed by atoms with Crippen LogP contribution in [0.4, 0.5) is 9.59 Å². The van der Waals surface area contributed by atoms with Gasteiger partial charge in [0.25, 0.3) is 0 Å². The maximum atomic E-state index is 11.5. The van der Waals surface area contributed by atoms with Gasteiger partial charge in [0.2, 0.25) is 0 Å². The molecule has 0 aliphatic heterocycles. The molecule has 0 radical (unpaired) electrons. The van der Waals surface area contributed by atoms with Gasteiger partial charge in [0, 0.05) is 25.9 Å². The molecule has 0 saturated heterocycles. The Kier molecular flexibility index (Phi) is 11.8. The van der Waals surface area contributed by atoms with Crippen LogP contribution in [0.25, 0.3) is 0 Å². The largest absolute Gasteiger partial charge is 0.449 e. The number of nitrogens with one attached hydrogen (secondary N) is 2. The Morgan fingerprint density at radius 3 is 2.08 bits per heavy atom. The molecule has 0 fully saturated rings. The van der Waals surface area contributed by atoms with Crippen molar-refractivity contribution in [3.05, 3.63) is 0 Å². The van der Waals surface area contributed by atoms with Gasteiger partial charge in [-0.3, -0.25) is 0 Å². The van der Waals surface area contributed by atoms with Gasteiger partial charge in [0.1, 0.15) is 13.2 Å². The second-order valence-electron chi connectivity index (χ2n) is 6.72. The average molecular weight is 350 g/mol. The molecule has 2 N–H and O–H groups in total. The van der Waals surface area contributed by atoms with Crippen LogP contribution in [0, 0.1) is 36.0 Å². The Morgan fingerprint density at radius 1 is 1.04 bits per heavy atom. The van der Waals surface area contributed by atoms with Gasteiger partial charge in [-0.2, -0.15) is 0 Å². The normalized spacial score (nSPS) is 11.6. The summed E-state index contributed by atoms with van der Waals surface area (Å²) in [5, 5.41) is 5.46. The average Bonchev–Trinajstić information content (AvgIpc) is 2.53. The first kappa shape index (κ1) is 22.7. The van der Waals surface area contributed by atoms with Crippen molar-refractivity contribution in [2.45, 2.75) is 46.5 Å². The predicted octanol–water partition coefficient (Wildman–Crippen LogP) is 2.93. The van der Waals surface area contributed by atoms with Gasteiger partial charge in [-0.15, -0.1) is 24.7 Å². The number of ether oxygens (including phenoxy) is 2. The highest BCUT2D eigenvalue weighted by Gasteiger charge is 2.22. The fourth-order valence-corrected chi connectivity index (χ4v) is 2.36. The molecule has 25 heavy (non-hydrogen) atoms. The second kappa shape index (κ2) is 13.0. The number of amides is 2. The minimum atomic E-state index is -0.452. The summed E-state index contributed by atoms with van der Waals surface area (Å²) >= 11 is 0. The molecule has 0 saturated carbocycles. The molecule has 0 aromatic heterocycles. The lowest BCUT2D eigenvalue weighted by atomic mass is 9.82. The van der Waals surface area contributed by atoms with E-state index in [-0.39, 0.29) is 18.6 Å². The zero-order chi connectivity index (χ0) is 19.1. The van der Waals surface area contributed by atoms with E-state index in [2.05, 4.69) is 43.2 Å². The highest BCUT2D eigenvalue weighted by molar-refractivity contribution is 5.67. The lowest BCUT2D eigenvalue weighted by molar-refractivity contribution is 0.140. The third-order valence-corrected chi connectivity index (χ3v) is 3.48. The minimum absolute atomic E-state index is 0.0855. The van der Waals surface area contributed by atoms with E-state index in [0.717, 1.165) is 12.8 Å². The van der Waals surface area contributed by atoms with Crippen molar-refractivity contribution < 1.29 is 19.1 Å². The SMILES string of the molecule is C#CCCOC(=O)NCCC(C)CC(C)(C)CNC(=O)OCCC#C. The van der Waals surface area contributed by atoms with E-state index >= 15 is 0 Å². The van der Waals surface area contributed by atoms with Crippen LogP contribution >= 0.6 is 0 Å². The van der Waals surface area contributed by atoms with Crippen LogP contribution in [0.5, 0.6) is 0 Å². The van der Waals surface area contributed by atoms with E-state index in [1.165, 1.54) is 0 Å². The molecular weight excluding hydrogens is 320 g/mol. The maximum absolute atomic E-state index is 11.5. The van der Waals surface area contributed by atoms with Crippen molar-refractivity contribution >= 4 is 12.2 Å². The highest BCUT2D eigenvalue weighted by Crippen LogP contribution is 2.26. The Balaban J connectivity index is 3.92. The van der Waals surface area contributed by atoms with Crippen molar-refractivity contribution in [3.8, 4) is 24.7 Å². The summed E-state index contributed by atoms with van der Waals surface area (Å²) in [6.45, 7) is 7.76. The molecule has 0 aliphatic carbocycles. The second-order valence-corrected chi connectivity index (χ2v) is 6.72. The first-order chi connectivity index (χ1) is 11.8. The van der Waals surface area contributed by atoms with Crippen LogP contribution in [0.15, 0.2) is 0 Å². The fourth-order valence-electron chi connectivity index (χ4n) is 2.36. The van der Waals surface area contributed by atoms with Crippen LogP contribution < -0.4 is 10.6 Å². The van der Waals surface area contributed by atoms with Gasteiger partial charge >= 0.3 is 12.2 Å². The molecule has 0 bridgehead atoms. The topological polar surface area (TPSA) is 76.7 Å². The molecule has 0 rings (SSSR count). The molecule has 0 aromatic carbocycles. The summed E-state index contributed by atoms with van der Waals surface area (Å²) in [4.78, 5) is 22.9. The smallest absolute Gasteiger partial charge is 0.407 e. The first-order valence-corrected chi connectivity index (χ1v) is 8.49. The number of alkyl carbamates (subject to hydrolysis) is 2. The van der Waals surface area contributed by atoms with Crippen molar-refractivity contribution in [2.75, 3.05) is 26.3 Å². The number of carbonyl (C=O) groups excluding carboxylic acids is 2. The lowest BCUT2D eigenvalue weighted by Crippen LogP contribution is -2.36. The molecule has 0 aromatic rings. The highest BCUT2D eigenvalue weighted by atomic mass is 16.6. The molecule has 6 nitrogen and oxygen atoms in total. The zero-order valence-electron chi connectivity index (χ0n) is 15.5. The van der Waals surface area contributed by atoms with Crippen molar-refractivity contribution in [1.82, 2.24) is 10.6 Å². The lowest BCUT2D eigenvalue weighted by Gasteiger charge is -2.28. The van der Waals surface area contributed by atoms with Crippen LogP contribution in [0.1, 0.15) is 46.5 Å². The monoisotopic (exact) mass is 350 g/mol. The number of hydrogen-bond acceptors (Lipinski definition) is 4. The van der Waals surface area contributed by atoms with Gasteiger partial charge in [0.05, 0.1) is 0 Å². The minimum Gasteiger partial charge on any atom is -0.449 e. The summed E-state index contributed by atoms with van der Waals surface area (Å²) in [5.41, 5.74) is -0.0855. The van der Waals surface area contributed by atoms with Gasteiger partial charge < -0.3 is 20.1 Å². The molecule has 6 heteroatoms. The van der Waals surface area contributed by atoms with Crippen molar-refractivity contribution in [2.24, 2.45) is 11.3 Å². The summed E-state index contributed by atoms with van der Waals surface area (Å²) < 4.78 is 9.85. The van der Waals surface area contributed by atoms with E-state index in [1.807, 2.05) is 0 Å². The molecule has 140 valence electrons. The van der Waals surface area contributed by atoms with Gasteiger partial charge in [-0.1, -0.05) is 20.8 Å². The molecular formula is C19H30N2O4. The Hall–Kier alpha value is -2.34. The summed E-state index contributed by atoms with van der Waals surface area (Å²) in [5.74, 6) is 5.19. The van der Waals surface area contributed by atoms with E-state index < -0.39 is 12.2 Å². The Morgan fingerprint density at radius 2 is 1.56 bits per heavy atom. The standard InChI is InChI=1S/C19H30N2O4/c1-6-8-12-24-17(22)20-11-10-16(3)14-19(4,5)15-21-18(23)25-13-9-7-2/h1-2,16H,8-15H2,3-5H3,(H,20,22)(H,21,23). The maximum Gasteiger partial charge on any atom is 0.407 e. The van der Waals surface area contributed by atoms with E-state index in [1.54, 1.807) is 0 Å². The first-order valence-electron chi connectivity index (χ1n) is 8.49. The number of terminal acetylenes is 2. The Bertz CT molecular complexity index is 489. The van der Waals surface area contributed by atoms with Gasteiger partial charge in [-0.05, 0) is 24.2 Å². The molecule has 0 heterocycles. The Labute approximate surface area is 151 Å². The molecule has 1 atom stereocenters. The predicted molar refractivity (Wildman–Crippen MR) is 97.8 cm³/mol. The van der Waals surface area contributed by atoms with Gasteiger partial charge in [0.15, 0.2) is 0 Å². The summed E-state index contributed by atoms with van der Waals surface area (Å²) in [6, 6.07) is 0. The van der Waals surface area contributed by atoms with E-state index in [0.29, 0.717) is 31.8 Å². The third-order valence-electron chi connectivity index (χ3n) is 3.48. The van der Waals surface area contributed by atoms with Crippen LogP contribution in [-0.4, -0.2) is 38.5 Å². The fraction of sp³-hybridized carbons (Fsp3) is 0.684. The van der Waals surface area contributed by atoms with E-state index in [9.17, 15) is 9.59 Å². The molecule has 0 spiro atoms. The number of carbonyl (C=O) groups is 2. The summed E-state index contributed by atoms with van der Waals surface area (Å²) in [6.07, 6.45) is 11.8. The zero-order valence-corrected chi connectivity index (χ0v) is 15.5. The summed E-state index contributed by atoms with van der Waals surface area (Å²) in [7, 11) is 0. The van der Waals surface area contributed by atoms with Crippen molar-refractivity contribution in [1.29, 1.82) is 0 Å². The molecule has 0 aliphatic rings. The molecule has 2 amide bonds. The van der Waals surface area contributed by atoms with Crippen LogP contribution in [0.3, 0.4) is 0 Å².